The molecule has 0 aliphatic carbocycles. The van der Waals surface area contributed by atoms with E-state index in [-0.39, 0.29) is 18.8 Å². The van der Waals surface area contributed by atoms with Gasteiger partial charge in [0.1, 0.15) is 6.04 Å². The second-order valence-electron chi connectivity index (χ2n) is 4.88. The molecule has 0 aliphatic heterocycles. The van der Waals surface area contributed by atoms with Gasteiger partial charge in [-0.05, 0) is 12.3 Å². The zero-order valence-electron chi connectivity index (χ0n) is 12.0. The molecule has 0 saturated heterocycles. The van der Waals surface area contributed by atoms with E-state index in [4.69, 9.17) is 15.9 Å². The van der Waals surface area contributed by atoms with Gasteiger partial charge in [-0.25, -0.2) is 4.79 Å². The molecule has 21 heavy (non-hydrogen) atoms. The third-order valence-corrected chi connectivity index (χ3v) is 2.72. The van der Waals surface area contributed by atoms with Crippen molar-refractivity contribution in [2.75, 3.05) is 6.54 Å². The molecule has 0 aromatic carbocycles. The molecule has 0 heterocycles. The highest BCUT2D eigenvalue weighted by atomic mass is 16.4. The van der Waals surface area contributed by atoms with Crippen LogP contribution < -0.4 is 16.4 Å². The van der Waals surface area contributed by atoms with Crippen LogP contribution in [0.1, 0.15) is 26.7 Å². The van der Waals surface area contributed by atoms with Gasteiger partial charge >= 0.3 is 11.9 Å². The van der Waals surface area contributed by atoms with E-state index >= 15 is 0 Å². The van der Waals surface area contributed by atoms with Crippen LogP contribution in [0.5, 0.6) is 0 Å². The quantitative estimate of drug-likeness (QED) is 0.347. The van der Waals surface area contributed by atoms with Gasteiger partial charge in [0.25, 0.3) is 0 Å². The van der Waals surface area contributed by atoms with Crippen molar-refractivity contribution in [3.63, 3.8) is 0 Å². The van der Waals surface area contributed by atoms with Crippen LogP contribution in [0.25, 0.3) is 0 Å². The maximum absolute atomic E-state index is 11.5. The van der Waals surface area contributed by atoms with E-state index < -0.39 is 42.4 Å². The van der Waals surface area contributed by atoms with Gasteiger partial charge in [-0.15, -0.1) is 0 Å². The molecule has 0 rings (SSSR count). The predicted octanol–water partition coefficient (Wildman–Crippen LogP) is -1.48. The van der Waals surface area contributed by atoms with Gasteiger partial charge in [-0.3, -0.25) is 14.4 Å². The first-order chi connectivity index (χ1) is 9.65. The Morgan fingerprint density at radius 2 is 1.71 bits per heavy atom. The minimum Gasteiger partial charge on any atom is -0.481 e. The summed E-state index contributed by atoms with van der Waals surface area (Å²) in [6.07, 6.45) is -0.627. The van der Waals surface area contributed by atoms with E-state index in [1.807, 2.05) is 0 Å². The van der Waals surface area contributed by atoms with Crippen LogP contribution in [0.4, 0.5) is 0 Å². The number of carbonyl (C=O) groups is 4. The molecule has 2 amide bonds. The number of hydrogen-bond acceptors (Lipinski definition) is 5. The van der Waals surface area contributed by atoms with Crippen molar-refractivity contribution in [1.82, 2.24) is 10.6 Å². The summed E-state index contributed by atoms with van der Waals surface area (Å²) in [6.45, 7) is 3.07. The molecule has 0 aromatic rings. The molecule has 120 valence electrons. The van der Waals surface area contributed by atoms with Crippen molar-refractivity contribution < 1.29 is 29.4 Å². The topological polar surface area (TPSA) is 159 Å². The molecule has 9 heteroatoms. The van der Waals surface area contributed by atoms with E-state index in [0.717, 1.165) is 0 Å². The maximum atomic E-state index is 11.5. The molecule has 0 aliphatic rings. The van der Waals surface area contributed by atoms with E-state index in [0.29, 0.717) is 0 Å². The molecule has 0 radical (unpaired) electrons. The molecule has 0 spiro atoms. The Labute approximate surface area is 121 Å². The highest BCUT2D eigenvalue weighted by molar-refractivity contribution is 5.89. The van der Waals surface area contributed by atoms with Gasteiger partial charge < -0.3 is 26.6 Å². The molecule has 0 bridgehead atoms. The zero-order valence-corrected chi connectivity index (χ0v) is 12.0. The number of nitrogens with two attached hydrogens (primary N) is 1. The summed E-state index contributed by atoms with van der Waals surface area (Å²) >= 11 is 0. The molecule has 0 aromatic heterocycles. The number of amides is 2. The lowest BCUT2D eigenvalue weighted by molar-refractivity contribution is -0.143. The summed E-state index contributed by atoms with van der Waals surface area (Å²) in [7, 11) is 0. The van der Waals surface area contributed by atoms with Crippen LogP contribution in [-0.2, 0) is 19.2 Å². The standard InChI is InChI=1S/C12H21N3O6/c1-6(2)10(13)11(19)14-5-8(16)15-7(12(20)21)3-4-9(17)18/h6-7,10H,3-5,13H2,1-2H3,(H,14,19)(H,15,16)(H,17,18)(H,20,21)/t7-,10-/m0/s1. The highest BCUT2D eigenvalue weighted by Crippen LogP contribution is 1.99. The first-order valence-corrected chi connectivity index (χ1v) is 6.42. The minimum absolute atomic E-state index is 0.101. The molecule has 6 N–H and O–H groups in total. The van der Waals surface area contributed by atoms with Crippen LogP contribution in [0, 0.1) is 5.92 Å². The second kappa shape index (κ2) is 8.90. The molecule has 2 atom stereocenters. The second-order valence-corrected chi connectivity index (χ2v) is 4.88. The van der Waals surface area contributed by atoms with Crippen molar-refractivity contribution in [1.29, 1.82) is 0 Å². The number of carboxylic acid groups (broad SMARTS) is 2. The van der Waals surface area contributed by atoms with Crippen LogP contribution in [0.15, 0.2) is 0 Å². The number of carbonyl (C=O) groups excluding carboxylic acids is 2. The molecule has 9 nitrogen and oxygen atoms in total. The largest absolute Gasteiger partial charge is 0.481 e. The lowest BCUT2D eigenvalue weighted by atomic mass is 10.1. The Balaban J connectivity index is 4.29. The first kappa shape index (κ1) is 18.8. The Bertz CT molecular complexity index is 410. The van der Waals surface area contributed by atoms with Crippen molar-refractivity contribution in [3.05, 3.63) is 0 Å². The minimum atomic E-state index is -1.34. The lowest BCUT2D eigenvalue weighted by Crippen LogP contribution is -2.49. The molecule has 0 saturated carbocycles. The van der Waals surface area contributed by atoms with Crippen LogP contribution in [0.3, 0.4) is 0 Å². The monoisotopic (exact) mass is 303 g/mol. The summed E-state index contributed by atoms with van der Waals surface area (Å²) in [5, 5.41) is 21.8. The smallest absolute Gasteiger partial charge is 0.326 e. The van der Waals surface area contributed by atoms with E-state index in [2.05, 4.69) is 10.6 Å². The van der Waals surface area contributed by atoms with E-state index in [1.165, 1.54) is 0 Å². The molecule has 0 fully saturated rings. The maximum Gasteiger partial charge on any atom is 0.326 e. The number of aliphatic carboxylic acids is 2. The van der Waals surface area contributed by atoms with Crippen LogP contribution >= 0.6 is 0 Å². The normalized spacial score (nSPS) is 13.3. The van der Waals surface area contributed by atoms with Crippen molar-refractivity contribution in [2.24, 2.45) is 11.7 Å². The number of carboxylic acids is 2. The van der Waals surface area contributed by atoms with Crippen LogP contribution in [0.2, 0.25) is 0 Å². The van der Waals surface area contributed by atoms with E-state index in [9.17, 15) is 19.2 Å². The SMILES string of the molecule is CC(C)[C@H](N)C(=O)NCC(=O)N[C@@H](CCC(=O)O)C(=O)O. The predicted molar refractivity (Wildman–Crippen MR) is 72.3 cm³/mol. The molecular weight excluding hydrogens is 282 g/mol. The fourth-order valence-electron chi connectivity index (χ4n) is 1.36. The van der Waals surface area contributed by atoms with Crippen molar-refractivity contribution in [3.8, 4) is 0 Å². The summed E-state index contributed by atoms with van der Waals surface area (Å²) in [6, 6.07) is -2.08. The zero-order chi connectivity index (χ0) is 16.6. The van der Waals surface area contributed by atoms with Gasteiger partial charge in [-0.1, -0.05) is 13.8 Å². The summed E-state index contributed by atoms with van der Waals surface area (Å²) < 4.78 is 0. The Kier molecular flexibility index (Phi) is 7.99. The third kappa shape index (κ3) is 7.88. The average Bonchev–Trinajstić information content (AvgIpc) is 2.38. The molecular formula is C12H21N3O6. The number of nitrogens with one attached hydrogen (secondary N) is 2. The van der Waals surface area contributed by atoms with Crippen molar-refractivity contribution >= 4 is 23.8 Å². The highest BCUT2D eigenvalue weighted by Gasteiger charge is 2.22. The van der Waals surface area contributed by atoms with Gasteiger partial charge in [0.15, 0.2) is 0 Å². The van der Waals surface area contributed by atoms with Gasteiger partial charge in [0.05, 0.1) is 12.6 Å². The Morgan fingerprint density at radius 1 is 1.14 bits per heavy atom. The number of hydrogen-bond donors (Lipinski definition) is 5. The first-order valence-electron chi connectivity index (χ1n) is 6.42. The summed E-state index contributed by atoms with van der Waals surface area (Å²) in [5.41, 5.74) is 5.57. The van der Waals surface area contributed by atoms with Gasteiger partial charge in [0.2, 0.25) is 11.8 Å². The average molecular weight is 303 g/mol. The van der Waals surface area contributed by atoms with Gasteiger partial charge in [0, 0.05) is 6.42 Å². The Hall–Kier alpha value is -2.16. The fourth-order valence-corrected chi connectivity index (χ4v) is 1.36. The van der Waals surface area contributed by atoms with Crippen LogP contribution in [-0.4, -0.2) is 52.6 Å². The molecule has 0 unspecified atom stereocenters. The fraction of sp³-hybridized carbons (Fsp3) is 0.667. The van der Waals surface area contributed by atoms with Crippen molar-refractivity contribution in [2.45, 2.75) is 38.8 Å². The van der Waals surface area contributed by atoms with Gasteiger partial charge in [-0.2, -0.15) is 0 Å². The summed E-state index contributed by atoms with van der Waals surface area (Å²) in [4.78, 5) is 44.3. The Morgan fingerprint density at radius 3 is 2.14 bits per heavy atom. The number of rotatable bonds is 9. The van der Waals surface area contributed by atoms with E-state index in [1.54, 1.807) is 13.8 Å². The summed E-state index contributed by atoms with van der Waals surface area (Å²) in [5.74, 6) is -3.84. The third-order valence-electron chi connectivity index (χ3n) is 2.72. The lowest BCUT2D eigenvalue weighted by Gasteiger charge is -2.16.